The van der Waals surface area contributed by atoms with Crippen LogP contribution in [0.3, 0.4) is 0 Å². The molecule has 1 fully saturated rings. The van der Waals surface area contributed by atoms with E-state index in [-0.39, 0.29) is 6.04 Å². The highest BCUT2D eigenvalue weighted by atomic mass is 16.3. The second-order valence-corrected chi connectivity index (χ2v) is 5.15. The average molecular weight is 197 g/mol. The molecule has 2 nitrogen and oxygen atoms in total. The maximum absolute atomic E-state index is 10.2. The van der Waals surface area contributed by atoms with Gasteiger partial charge in [-0.3, -0.25) is 0 Å². The normalized spacial score (nSPS) is 38.7. The lowest BCUT2D eigenvalue weighted by molar-refractivity contribution is -0.0548. The smallest absolute Gasteiger partial charge is 0.0774 e. The van der Waals surface area contributed by atoms with Gasteiger partial charge in [0.05, 0.1) is 5.60 Å². The van der Waals surface area contributed by atoms with Crippen LogP contribution in [-0.4, -0.2) is 35.7 Å². The maximum Gasteiger partial charge on any atom is 0.0774 e. The maximum atomic E-state index is 10.2. The van der Waals surface area contributed by atoms with Gasteiger partial charge < -0.3 is 10.0 Å². The zero-order valence-corrected chi connectivity index (χ0v) is 9.88. The van der Waals surface area contributed by atoms with E-state index in [9.17, 15) is 5.11 Å². The molecule has 1 aliphatic rings. The molecule has 1 aliphatic carbocycles. The van der Waals surface area contributed by atoms with E-state index in [1.54, 1.807) is 0 Å². The van der Waals surface area contributed by atoms with Gasteiger partial charge in [-0.05, 0) is 53.1 Å². The van der Waals surface area contributed by atoms with E-state index < -0.39 is 5.60 Å². The average Bonchev–Trinajstić information content (AvgIpc) is 2.02. The summed E-state index contributed by atoms with van der Waals surface area (Å²) in [4.78, 5) is 2.13. The van der Waals surface area contributed by atoms with Gasteiger partial charge >= 0.3 is 0 Å². The minimum absolute atomic E-state index is 0.262. The van der Waals surface area contributed by atoms with E-state index in [1.165, 1.54) is 5.57 Å². The number of hydrogen-bond acceptors (Lipinski definition) is 2. The van der Waals surface area contributed by atoms with Crippen LogP contribution in [0.25, 0.3) is 0 Å². The van der Waals surface area contributed by atoms with Gasteiger partial charge in [-0.15, -0.1) is 0 Å². The van der Waals surface area contributed by atoms with Crippen molar-refractivity contribution < 1.29 is 5.11 Å². The van der Waals surface area contributed by atoms with Crippen molar-refractivity contribution in [2.75, 3.05) is 14.1 Å². The summed E-state index contributed by atoms with van der Waals surface area (Å²) in [5.74, 6) is 0.586. The molecule has 0 bridgehead atoms. The lowest BCUT2D eigenvalue weighted by atomic mass is 9.73. The van der Waals surface area contributed by atoms with Gasteiger partial charge in [0.1, 0.15) is 0 Å². The van der Waals surface area contributed by atoms with Gasteiger partial charge in [-0.1, -0.05) is 12.2 Å². The van der Waals surface area contributed by atoms with Gasteiger partial charge in [0.15, 0.2) is 0 Å². The molecule has 0 aromatic heterocycles. The number of nitrogens with zero attached hydrogens (tertiary/aromatic N) is 1. The Morgan fingerprint density at radius 1 is 1.50 bits per heavy atom. The molecule has 0 amide bonds. The second kappa shape index (κ2) is 4.03. The van der Waals surface area contributed by atoms with Gasteiger partial charge in [-0.25, -0.2) is 0 Å². The Balaban J connectivity index is 2.72. The molecule has 1 rings (SSSR count). The van der Waals surface area contributed by atoms with Crippen LogP contribution in [-0.2, 0) is 0 Å². The van der Waals surface area contributed by atoms with Gasteiger partial charge in [0, 0.05) is 6.04 Å². The Morgan fingerprint density at radius 2 is 2.07 bits per heavy atom. The van der Waals surface area contributed by atoms with Crippen LogP contribution in [0.15, 0.2) is 12.2 Å². The molecule has 1 unspecified atom stereocenters. The Morgan fingerprint density at radius 3 is 2.50 bits per heavy atom. The minimum Gasteiger partial charge on any atom is -0.389 e. The first-order valence-electron chi connectivity index (χ1n) is 5.39. The van der Waals surface area contributed by atoms with E-state index in [0.29, 0.717) is 5.92 Å². The van der Waals surface area contributed by atoms with Crippen LogP contribution >= 0.6 is 0 Å². The van der Waals surface area contributed by atoms with Crippen LogP contribution in [0, 0.1) is 5.92 Å². The van der Waals surface area contributed by atoms with Crippen molar-refractivity contribution in [1.82, 2.24) is 4.90 Å². The second-order valence-electron chi connectivity index (χ2n) is 5.15. The molecule has 0 spiro atoms. The van der Waals surface area contributed by atoms with E-state index in [2.05, 4.69) is 18.4 Å². The van der Waals surface area contributed by atoms with E-state index >= 15 is 0 Å². The summed E-state index contributed by atoms with van der Waals surface area (Å²) in [6.07, 6.45) is 3.00. The molecule has 0 aromatic carbocycles. The Hall–Kier alpha value is -0.340. The summed E-state index contributed by atoms with van der Waals surface area (Å²) in [7, 11) is 4.08. The third-order valence-electron chi connectivity index (χ3n) is 3.54. The minimum atomic E-state index is -0.532. The van der Waals surface area contributed by atoms with Crippen LogP contribution in [0.5, 0.6) is 0 Å². The topological polar surface area (TPSA) is 23.5 Å². The van der Waals surface area contributed by atoms with Gasteiger partial charge in [0.25, 0.3) is 0 Å². The molecule has 2 heteroatoms. The van der Waals surface area contributed by atoms with E-state index in [1.807, 2.05) is 21.0 Å². The standard InChI is InChI=1S/C12H23NO/c1-9(2)10-6-7-12(3,14)11(8-10)13(4)5/h10-11,14H,1,6-8H2,2-5H3/t10-,11?,12+/m1/s1. The fourth-order valence-corrected chi connectivity index (χ4v) is 2.49. The first kappa shape index (κ1) is 11.7. The highest BCUT2D eigenvalue weighted by Gasteiger charge is 2.39. The van der Waals surface area contributed by atoms with Crippen LogP contribution in [0.1, 0.15) is 33.1 Å². The third kappa shape index (κ3) is 2.37. The quantitative estimate of drug-likeness (QED) is 0.685. The number of rotatable bonds is 2. The number of aliphatic hydroxyl groups is 1. The van der Waals surface area contributed by atoms with Crippen molar-refractivity contribution in [1.29, 1.82) is 0 Å². The zero-order valence-electron chi connectivity index (χ0n) is 9.88. The molecule has 14 heavy (non-hydrogen) atoms. The van der Waals surface area contributed by atoms with Crippen molar-refractivity contribution in [3.8, 4) is 0 Å². The zero-order chi connectivity index (χ0) is 10.9. The van der Waals surface area contributed by atoms with E-state index in [4.69, 9.17) is 0 Å². The summed E-state index contributed by atoms with van der Waals surface area (Å²) in [6, 6.07) is 0.262. The Labute approximate surface area is 87.6 Å². The highest BCUT2D eigenvalue weighted by molar-refractivity contribution is 5.04. The summed E-state index contributed by atoms with van der Waals surface area (Å²) >= 11 is 0. The summed E-state index contributed by atoms with van der Waals surface area (Å²) < 4.78 is 0. The van der Waals surface area contributed by atoms with Crippen molar-refractivity contribution in [3.05, 3.63) is 12.2 Å². The lowest BCUT2D eigenvalue weighted by Gasteiger charge is -2.44. The molecule has 1 N–H and O–H groups in total. The lowest BCUT2D eigenvalue weighted by Crippen LogP contribution is -2.52. The molecule has 1 saturated carbocycles. The third-order valence-corrected chi connectivity index (χ3v) is 3.54. The largest absolute Gasteiger partial charge is 0.389 e. The predicted octanol–water partition coefficient (Wildman–Crippen LogP) is 2.04. The SMILES string of the molecule is C=C(C)[C@@H]1CC[C@](C)(O)C(N(C)C)C1. The fraction of sp³-hybridized carbons (Fsp3) is 0.833. The van der Waals surface area contributed by atoms with E-state index in [0.717, 1.165) is 19.3 Å². The van der Waals surface area contributed by atoms with Gasteiger partial charge in [0.2, 0.25) is 0 Å². The van der Waals surface area contributed by atoms with Crippen molar-refractivity contribution in [2.24, 2.45) is 5.92 Å². The van der Waals surface area contributed by atoms with Gasteiger partial charge in [-0.2, -0.15) is 0 Å². The predicted molar refractivity (Wildman–Crippen MR) is 60.3 cm³/mol. The summed E-state index contributed by atoms with van der Waals surface area (Å²) in [5, 5.41) is 10.2. The van der Waals surface area contributed by atoms with Crippen molar-refractivity contribution >= 4 is 0 Å². The number of hydrogen-bond donors (Lipinski definition) is 1. The Kier molecular flexibility index (Phi) is 3.38. The van der Waals surface area contributed by atoms with Crippen LogP contribution in [0.4, 0.5) is 0 Å². The fourth-order valence-electron chi connectivity index (χ4n) is 2.49. The molecular formula is C12H23NO. The van der Waals surface area contributed by atoms with Crippen molar-refractivity contribution in [2.45, 2.75) is 44.8 Å². The molecule has 0 saturated heterocycles. The molecular weight excluding hydrogens is 174 g/mol. The summed E-state index contributed by atoms with van der Waals surface area (Å²) in [5.41, 5.74) is 0.725. The molecule has 82 valence electrons. The first-order valence-corrected chi connectivity index (χ1v) is 5.39. The molecule has 3 atom stereocenters. The van der Waals surface area contributed by atoms with Crippen LogP contribution in [0.2, 0.25) is 0 Å². The summed E-state index contributed by atoms with van der Waals surface area (Å²) in [6.45, 7) is 8.07. The first-order chi connectivity index (χ1) is 6.34. The van der Waals surface area contributed by atoms with Crippen molar-refractivity contribution in [3.63, 3.8) is 0 Å². The van der Waals surface area contributed by atoms with Crippen LogP contribution < -0.4 is 0 Å². The molecule has 0 radical (unpaired) electrons. The monoisotopic (exact) mass is 197 g/mol. The molecule has 0 heterocycles. The molecule has 0 aliphatic heterocycles. The number of likely N-dealkylation sites (N-methyl/N-ethyl adjacent to an activating group) is 1. The highest BCUT2D eigenvalue weighted by Crippen LogP contribution is 2.36. The molecule has 0 aromatic rings. The Bertz CT molecular complexity index is 220. The number of allylic oxidation sites excluding steroid dienone is 1.